The Morgan fingerprint density at radius 1 is 1.31 bits per heavy atom. The van der Waals surface area contributed by atoms with Crippen LogP contribution < -0.4 is 0 Å². The van der Waals surface area contributed by atoms with Crippen LogP contribution in [0.5, 0.6) is 5.75 Å². The number of benzene rings is 1. The van der Waals surface area contributed by atoms with Gasteiger partial charge in [-0.15, -0.1) is 0 Å². The first kappa shape index (κ1) is 7.79. The summed E-state index contributed by atoms with van der Waals surface area (Å²) in [5.41, 5.74) is 0.656. The lowest BCUT2D eigenvalue weighted by Crippen LogP contribution is -1.87. The first-order valence-corrected chi connectivity index (χ1v) is 3.91. The molecule has 0 saturated carbocycles. The van der Waals surface area contributed by atoms with E-state index in [1.807, 2.05) is 6.07 Å². The number of hydrogen-bond donors (Lipinski definition) is 1. The van der Waals surface area contributed by atoms with Gasteiger partial charge in [0.2, 0.25) is 0 Å². The van der Waals surface area contributed by atoms with Gasteiger partial charge in [-0.2, -0.15) is 5.10 Å². The maximum Gasteiger partial charge on any atom is 0.184 e. The third kappa shape index (κ3) is 1.38. The molecular formula is C9H9N3O. The van der Waals surface area contributed by atoms with E-state index in [9.17, 15) is 5.11 Å². The lowest BCUT2D eigenvalue weighted by molar-refractivity contribution is 0.477. The van der Waals surface area contributed by atoms with Crippen LogP contribution >= 0.6 is 0 Å². The molecule has 0 atom stereocenters. The van der Waals surface area contributed by atoms with E-state index in [0.717, 1.165) is 0 Å². The van der Waals surface area contributed by atoms with Crippen molar-refractivity contribution in [1.29, 1.82) is 0 Å². The number of aromatic hydroxyl groups is 1. The minimum Gasteiger partial charge on any atom is -0.507 e. The van der Waals surface area contributed by atoms with Gasteiger partial charge >= 0.3 is 0 Å². The van der Waals surface area contributed by atoms with E-state index in [0.29, 0.717) is 11.4 Å². The molecule has 2 rings (SSSR count). The summed E-state index contributed by atoms with van der Waals surface area (Å²) in [5.74, 6) is 0.745. The Morgan fingerprint density at radius 3 is 2.69 bits per heavy atom. The van der Waals surface area contributed by atoms with Crippen molar-refractivity contribution in [3.8, 4) is 17.1 Å². The fourth-order valence-electron chi connectivity index (χ4n) is 1.13. The Hall–Kier alpha value is -1.84. The fourth-order valence-corrected chi connectivity index (χ4v) is 1.13. The van der Waals surface area contributed by atoms with E-state index in [1.165, 1.54) is 0 Å². The van der Waals surface area contributed by atoms with Crippen molar-refractivity contribution in [3.63, 3.8) is 0 Å². The van der Waals surface area contributed by atoms with Crippen LogP contribution in [-0.2, 0) is 7.05 Å². The monoisotopic (exact) mass is 175 g/mol. The first-order valence-electron chi connectivity index (χ1n) is 3.91. The van der Waals surface area contributed by atoms with Gasteiger partial charge in [-0.05, 0) is 12.1 Å². The Bertz CT molecular complexity index is 422. The SMILES string of the molecule is Cn1cnc(-c2ccccc2O)n1. The number of nitrogens with zero attached hydrogens (tertiary/aromatic N) is 3. The molecule has 4 heteroatoms. The molecule has 0 aliphatic carbocycles. The predicted molar refractivity (Wildman–Crippen MR) is 48.1 cm³/mol. The van der Waals surface area contributed by atoms with Gasteiger partial charge in [-0.25, -0.2) is 4.98 Å². The fraction of sp³-hybridized carbons (Fsp3) is 0.111. The number of hydrogen-bond acceptors (Lipinski definition) is 3. The number of phenols is 1. The Balaban J connectivity index is 2.52. The normalized spacial score (nSPS) is 10.2. The van der Waals surface area contributed by atoms with Crippen molar-refractivity contribution in [2.75, 3.05) is 0 Å². The Labute approximate surface area is 75.5 Å². The van der Waals surface area contributed by atoms with Crippen molar-refractivity contribution >= 4 is 0 Å². The second-order valence-corrected chi connectivity index (χ2v) is 2.76. The van der Waals surface area contributed by atoms with Crippen LogP contribution in [0, 0.1) is 0 Å². The zero-order valence-corrected chi connectivity index (χ0v) is 7.18. The van der Waals surface area contributed by atoms with Gasteiger partial charge < -0.3 is 5.11 Å². The molecule has 0 radical (unpaired) electrons. The van der Waals surface area contributed by atoms with Crippen LogP contribution in [0.3, 0.4) is 0 Å². The molecule has 0 fully saturated rings. The number of phenolic OH excluding ortho intramolecular Hbond substituents is 1. The standard InChI is InChI=1S/C9H9N3O/c1-12-6-10-9(11-12)7-4-2-3-5-8(7)13/h2-6,13H,1H3. The van der Waals surface area contributed by atoms with Crippen LogP contribution in [0.1, 0.15) is 0 Å². The average Bonchev–Trinajstić information content (AvgIpc) is 2.53. The molecule has 0 amide bonds. The van der Waals surface area contributed by atoms with E-state index in [-0.39, 0.29) is 5.75 Å². The molecule has 13 heavy (non-hydrogen) atoms. The molecular weight excluding hydrogens is 166 g/mol. The van der Waals surface area contributed by atoms with Crippen LogP contribution in [0.2, 0.25) is 0 Å². The largest absolute Gasteiger partial charge is 0.507 e. The van der Waals surface area contributed by atoms with Gasteiger partial charge in [0.15, 0.2) is 5.82 Å². The number of rotatable bonds is 1. The van der Waals surface area contributed by atoms with Crippen LogP contribution in [0.15, 0.2) is 30.6 Å². The lowest BCUT2D eigenvalue weighted by atomic mass is 10.2. The topological polar surface area (TPSA) is 50.9 Å². The molecule has 0 saturated heterocycles. The predicted octanol–water partition coefficient (Wildman–Crippen LogP) is 1.19. The zero-order valence-electron chi connectivity index (χ0n) is 7.18. The minimum atomic E-state index is 0.203. The summed E-state index contributed by atoms with van der Waals surface area (Å²) in [4.78, 5) is 4.04. The molecule has 0 aliphatic rings. The van der Waals surface area contributed by atoms with Crippen molar-refractivity contribution < 1.29 is 5.11 Å². The number of aromatic nitrogens is 3. The third-order valence-electron chi connectivity index (χ3n) is 1.74. The van der Waals surface area contributed by atoms with Crippen LogP contribution in [0.25, 0.3) is 11.4 Å². The second-order valence-electron chi connectivity index (χ2n) is 2.76. The maximum absolute atomic E-state index is 9.48. The third-order valence-corrected chi connectivity index (χ3v) is 1.74. The number of aryl methyl sites for hydroxylation is 1. The molecule has 0 bridgehead atoms. The van der Waals surface area contributed by atoms with Crippen molar-refractivity contribution in [2.24, 2.45) is 7.05 Å². The summed E-state index contributed by atoms with van der Waals surface area (Å²) in [7, 11) is 1.79. The van der Waals surface area contributed by atoms with Crippen molar-refractivity contribution in [1.82, 2.24) is 14.8 Å². The smallest absolute Gasteiger partial charge is 0.184 e. The van der Waals surface area contributed by atoms with Gasteiger partial charge in [-0.3, -0.25) is 4.68 Å². The summed E-state index contributed by atoms with van der Waals surface area (Å²) in [6.45, 7) is 0. The molecule has 66 valence electrons. The quantitative estimate of drug-likeness (QED) is 0.708. The molecule has 4 nitrogen and oxygen atoms in total. The summed E-state index contributed by atoms with van der Waals surface area (Å²) >= 11 is 0. The molecule has 1 aromatic carbocycles. The highest BCUT2D eigenvalue weighted by Crippen LogP contribution is 2.24. The molecule has 1 heterocycles. The molecule has 0 aliphatic heterocycles. The van der Waals surface area contributed by atoms with Crippen molar-refractivity contribution in [2.45, 2.75) is 0 Å². The molecule has 1 aromatic heterocycles. The van der Waals surface area contributed by atoms with Gasteiger partial charge in [0.05, 0.1) is 5.56 Å². The van der Waals surface area contributed by atoms with Gasteiger partial charge in [-0.1, -0.05) is 12.1 Å². The first-order chi connectivity index (χ1) is 6.27. The summed E-state index contributed by atoms with van der Waals surface area (Å²) < 4.78 is 1.60. The molecule has 2 aromatic rings. The maximum atomic E-state index is 9.48. The zero-order chi connectivity index (χ0) is 9.26. The minimum absolute atomic E-state index is 0.203. The van der Waals surface area contributed by atoms with Gasteiger partial charge in [0.25, 0.3) is 0 Å². The highest BCUT2D eigenvalue weighted by Gasteiger charge is 2.06. The molecule has 1 N–H and O–H groups in total. The van der Waals surface area contributed by atoms with Crippen LogP contribution in [0.4, 0.5) is 0 Å². The van der Waals surface area contributed by atoms with E-state index in [4.69, 9.17) is 0 Å². The second kappa shape index (κ2) is 2.90. The molecule has 0 spiro atoms. The lowest BCUT2D eigenvalue weighted by Gasteiger charge is -1.97. The Morgan fingerprint density at radius 2 is 2.08 bits per heavy atom. The van der Waals surface area contributed by atoms with Gasteiger partial charge in [0.1, 0.15) is 12.1 Å². The van der Waals surface area contributed by atoms with E-state index in [1.54, 1.807) is 36.3 Å². The number of para-hydroxylation sites is 1. The Kier molecular flexibility index (Phi) is 1.73. The molecule has 0 unspecified atom stereocenters. The van der Waals surface area contributed by atoms with Crippen molar-refractivity contribution in [3.05, 3.63) is 30.6 Å². The van der Waals surface area contributed by atoms with E-state index in [2.05, 4.69) is 10.1 Å². The van der Waals surface area contributed by atoms with E-state index < -0.39 is 0 Å². The van der Waals surface area contributed by atoms with Gasteiger partial charge in [0, 0.05) is 7.05 Å². The van der Waals surface area contributed by atoms with E-state index >= 15 is 0 Å². The highest BCUT2D eigenvalue weighted by atomic mass is 16.3. The summed E-state index contributed by atoms with van der Waals surface area (Å²) in [6, 6.07) is 7.00. The summed E-state index contributed by atoms with van der Waals surface area (Å²) in [6.07, 6.45) is 1.60. The average molecular weight is 175 g/mol. The van der Waals surface area contributed by atoms with Crippen LogP contribution in [-0.4, -0.2) is 19.9 Å². The summed E-state index contributed by atoms with van der Waals surface area (Å²) in [5, 5.41) is 13.6. The highest BCUT2D eigenvalue weighted by molar-refractivity contribution is 5.62.